The molecule has 1 aromatic carbocycles. The second kappa shape index (κ2) is 10.5. The van der Waals surface area contributed by atoms with Crippen molar-refractivity contribution >= 4 is 41.7 Å². The molecule has 4 nitrogen and oxygen atoms in total. The van der Waals surface area contributed by atoms with E-state index >= 15 is 0 Å². The van der Waals surface area contributed by atoms with Gasteiger partial charge in [-0.15, -0.1) is 35.7 Å². The summed E-state index contributed by atoms with van der Waals surface area (Å²) in [6, 6.07) is 12.3. The highest BCUT2D eigenvalue weighted by molar-refractivity contribution is 14.0. The number of halogens is 1. The predicted octanol–water partition coefficient (Wildman–Crippen LogP) is 4.50. The van der Waals surface area contributed by atoms with Gasteiger partial charge in [-0.1, -0.05) is 31.0 Å². The minimum atomic E-state index is 0. The minimum Gasteiger partial charge on any atom is -0.355 e. The molecule has 1 aliphatic heterocycles. The number of aliphatic imine (C=N–C) groups is 1. The maximum absolute atomic E-state index is 4.52. The maximum Gasteiger partial charge on any atom is 0.191 e. The summed E-state index contributed by atoms with van der Waals surface area (Å²) >= 11 is 2.06. The van der Waals surface area contributed by atoms with Gasteiger partial charge in [-0.2, -0.15) is 0 Å². The molecule has 2 N–H and O–H groups in total. The molecule has 0 radical (unpaired) electrons. The summed E-state index contributed by atoms with van der Waals surface area (Å²) in [7, 11) is 1.90. The molecular weight excluding hydrogens is 479 g/mol. The quantitative estimate of drug-likeness (QED) is 0.333. The lowest BCUT2D eigenvalue weighted by atomic mass is 10.0. The average molecular weight is 515 g/mol. The number of guanidine groups is 1. The van der Waals surface area contributed by atoms with E-state index in [0.29, 0.717) is 10.8 Å². The van der Waals surface area contributed by atoms with Crippen LogP contribution in [0.1, 0.15) is 51.4 Å². The van der Waals surface area contributed by atoms with Crippen molar-refractivity contribution in [3.8, 4) is 0 Å². The highest BCUT2D eigenvalue weighted by atomic mass is 127. The molecule has 3 aliphatic rings. The number of rotatable bonds is 6. The van der Waals surface area contributed by atoms with Crippen LogP contribution in [0, 0.1) is 0 Å². The first-order valence-corrected chi connectivity index (χ1v) is 11.5. The smallest absolute Gasteiger partial charge is 0.191 e. The molecule has 28 heavy (non-hydrogen) atoms. The van der Waals surface area contributed by atoms with Gasteiger partial charge in [0.15, 0.2) is 5.96 Å². The van der Waals surface area contributed by atoms with Crippen LogP contribution in [0.5, 0.6) is 0 Å². The Bertz CT molecular complexity index is 621. The van der Waals surface area contributed by atoms with Gasteiger partial charge in [0.1, 0.15) is 0 Å². The Morgan fingerprint density at radius 1 is 1.11 bits per heavy atom. The molecule has 0 bridgehead atoms. The van der Waals surface area contributed by atoms with Crippen LogP contribution >= 0.6 is 35.7 Å². The lowest BCUT2D eigenvalue weighted by Gasteiger charge is -2.34. The third kappa shape index (κ3) is 6.02. The molecule has 156 valence electrons. The second-order valence-electron chi connectivity index (χ2n) is 8.42. The lowest BCUT2D eigenvalue weighted by Crippen LogP contribution is -2.51. The van der Waals surface area contributed by atoms with E-state index in [9.17, 15) is 0 Å². The lowest BCUT2D eigenvalue weighted by molar-refractivity contribution is 0.197. The highest BCUT2D eigenvalue weighted by Crippen LogP contribution is 2.44. The zero-order valence-corrected chi connectivity index (χ0v) is 20.2. The first-order valence-electron chi connectivity index (χ1n) is 10.7. The summed E-state index contributed by atoms with van der Waals surface area (Å²) < 4.78 is 0.300. The molecule has 1 aromatic rings. The van der Waals surface area contributed by atoms with Crippen LogP contribution in [0.2, 0.25) is 0 Å². The largest absolute Gasteiger partial charge is 0.355 e. The van der Waals surface area contributed by atoms with Gasteiger partial charge in [0.25, 0.3) is 0 Å². The summed E-state index contributed by atoms with van der Waals surface area (Å²) in [5.41, 5.74) is 0. The van der Waals surface area contributed by atoms with Crippen LogP contribution in [-0.2, 0) is 0 Å². The SMILES string of the molecule is CN=C(NCC1(Sc2ccccc2)CCCC1)NC1CCN(C2CC2)CC1.I. The fraction of sp³-hybridized carbons (Fsp3) is 0.682. The van der Waals surface area contributed by atoms with Crippen molar-refractivity contribution in [1.29, 1.82) is 0 Å². The third-order valence-electron chi connectivity index (χ3n) is 6.33. The van der Waals surface area contributed by atoms with E-state index < -0.39 is 0 Å². The number of hydrogen-bond acceptors (Lipinski definition) is 3. The molecule has 0 unspecified atom stereocenters. The van der Waals surface area contributed by atoms with Gasteiger partial charge in [0.05, 0.1) is 0 Å². The van der Waals surface area contributed by atoms with Crippen molar-refractivity contribution in [3.63, 3.8) is 0 Å². The molecule has 0 atom stereocenters. The molecule has 0 amide bonds. The number of thioether (sulfide) groups is 1. The topological polar surface area (TPSA) is 39.7 Å². The van der Waals surface area contributed by atoms with Crippen molar-refractivity contribution < 1.29 is 0 Å². The Balaban J connectivity index is 0.00000225. The van der Waals surface area contributed by atoms with Gasteiger partial charge >= 0.3 is 0 Å². The van der Waals surface area contributed by atoms with E-state index in [0.717, 1.165) is 18.5 Å². The summed E-state index contributed by atoms with van der Waals surface area (Å²) in [5, 5.41) is 7.36. The fourth-order valence-electron chi connectivity index (χ4n) is 4.55. The van der Waals surface area contributed by atoms with Crippen LogP contribution in [-0.4, -0.2) is 54.4 Å². The van der Waals surface area contributed by atoms with E-state index in [2.05, 4.69) is 62.6 Å². The van der Waals surface area contributed by atoms with E-state index in [-0.39, 0.29) is 24.0 Å². The van der Waals surface area contributed by atoms with Crippen molar-refractivity contribution in [1.82, 2.24) is 15.5 Å². The second-order valence-corrected chi connectivity index (χ2v) is 9.96. The molecule has 2 saturated carbocycles. The van der Waals surface area contributed by atoms with Gasteiger partial charge in [0.2, 0.25) is 0 Å². The van der Waals surface area contributed by atoms with E-state index in [1.54, 1.807) is 0 Å². The number of nitrogens with zero attached hydrogens (tertiary/aromatic N) is 2. The number of nitrogens with one attached hydrogen (secondary N) is 2. The Hall–Kier alpha value is -0.470. The first kappa shape index (κ1) is 22.2. The molecule has 0 spiro atoms. The van der Waals surface area contributed by atoms with Gasteiger partial charge in [0, 0.05) is 48.4 Å². The molecule has 1 saturated heterocycles. The molecule has 2 aliphatic carbocycles. The van der Waals surface area contributed by atoms with Gasteiger partial charge in [-0.25, -0.2) is 0 Å². The Morgan fingerprint density at radius 3 is 2.39 bits per heavy atom. The van der Waals surface area contributed by atoms with Crippen molar-refractivity contribution in [2.24, 2.45) is 4.99 Å². The zero-order chi connectivity index (χ0) is 18.5. The minimum absolute atomic E-state index is 0. The van der Waals surface area contributed by atoms with E-state index in [4.69, 9.17) is 0 Å². The van der Waals surface area contributed by atoms with Crippen LogP contribution < -0.4 is 10.6 Å². The average Bonchev–Trinajstić information content (AvgIpc) is 3.46. The van der Waals surface area contributed by atoms with Crippen LogP contribution in [0.4, 0.5) is 0 Å². The summed E-state index contributed by atoms with van der Waals surface area (Å²) in [6.45, 7) is 3.48. The van der Waals surface area contributed by atoms with Crippen molar-refractivity contribution in [3.05, 3.63) is 30.3 Å². The number of hydrogen-bond donors (Lipinski definition) is 2. The third-order valence-corrected chi connectivity index (χ3v) is 7.82. The molecule has 4 rings (SSSR count). The monoisotopic (exact) mass is 514 g/mol. The summed E-state index contributed by atoms with van der Waals surface area (Å²) in [6.07, 6.45) is 10.6. The van der Waals surface area contributed by atoms with Gasteiger partial charge in [-0.05, 0) is 50.7 Å². The Morgan fingerprint density at radius 2 is 1.79 bits per heavy atom. The molecule has 1 heterocycles. The zero-order valence-electron chi connectivity index (χ0n) is 17.0. The molecule has 0 aromatic heterocycles. The van der Waals surface area contributed by atoms with Gasteiger partial charge in [-0.3, -0.25) is 4.99 Å². The fourth-order valence-corrected chi connectivity index (χ4v) is 5.98. The summed E-state index contributed by atoms with van der Waals surface area (Å²) in [5.74, 6) is 0.986. The van der Waals surface area contributed by atoms with Crippen molar-refractivity contribution in [2.75, 3.05) is 26.7 Å². The number of piperidine rings is 1. The number of benzene rings is 1. The predicted molar refractivity (Wildman–Crippen MR) is 131 cm³/mol. The first-order chi connectivity index (χ1) is 13.3. The van der Waals surface area contributed by atoms with E-state index in [1.165, 1.54) is 69.4 Å². The molecular formula is C22H35IN4S. The van der Waals surface area contributed by atoms with Gasteiger partial charge < -0.3 is 15.5 Å². The normalized spacial score (nSPS) is 23.2. The van der Waals surface area contributed by atoms with Crippen LogP contribution in [0.25, 0.3) is 0 Å². The van der Waals surface area contributed by atoms with E-state index in [1.807, 2.05) is 7.05 Å². The number of likely N-dealkylation sites (tertiary alicyclic amines) is 1. The Kier molecular flexibility index (Phi) is 8.35. The molecule has 6 heteroatoms. The van der Waals surface area contributed by atoms with Crippen LogP contribution in [0.15, 0.2) is 40.2 Å². The highest BCUT2D eigenvalue weighted by Gasteiger charge is 2.35. The Labute approximate surface area is 191 Å². The standard InChI is InChI=1S/C22H34N4S.HI/c1-23-21(25-18-11-15-26(16-12-18)19-9-10-19)24-17-22(13-5-6-14-22)27-20-7-3-2-4-8-20;/h2-4,7-8,18-19H,5-6,9-17H2,1H3,(H2,23,24,25);1H. The maximum atomic E-state index is 4.52. The summed E-state index contributed by atoms with van der Waals surface area (Å²) in [4.78, 5) is 8.58. The van der Waals surface area contributed by atoms with Crippen LogP contribution in [0.3, 0.4) is 0 Å². The van der Waals surface area contributed by atoms with Crippen molar-refractivity contribution in [2.45, 2.75) is 73.1 Å². The molecule has 3 fully saturated rings.